The Morgan fingerprint density at radius 3 is 2.71 bits per heavy atom. The molecular weight excluding hydrogens is 364 g/mol. The van der Waals surface area contributed by atoms with E-state index in [4.69, 9.17) is 4.74 Å². The average molecular weight is 389 g/mol. The number of fused-ring (bicyclic) bond motifs is 1. The van der Waals surface area contributed by atoms with Gasteiger partial charge in [0.25, 0.3) is 5.92 Å². The molecule has 0 radical (unpaired) electrons. The van der Waals surface area contributed by atoms with Crippen LogP contribution in [0.2, 0.25) is 0 Å². The molecule has 4 rings (SSSR count). The van der Waals surface area contributed by atoms with Gasteiger partial charge < -0.3 is 9.64 Å². The van der Waals surface area contributed by atoms with Gasteiger partial charge in [0.05, 0.1) is 17.9 Å². The third-order valence-electron chi connectivity index (χ3n) is 5.39. The summed E-state index contributed by atoms with van der Waals surface area (Å²) in [6.07, 6.45) is 7.37. The molecule has 1 aliphatic heterocycles. The van der Waals surface area contributed by atoms with Crippen molar-refractivity contribution in [1.82, 2.24) is 9.78 Å². The van der Waals surface area contributed by atoms with Crippen LogP contribution < -0.4 is 9.64 Å². The van der Waals surface area contributed by atoms with Crippen LogP contribution in [0.25, 0.3) is 11.1 Å². The number of nitrogens with zero attached hydrogens (tertiary/aromatic N) is 3. The van der Waals surface area contributed by atoms with Gasteiger partial charge in [0.2, 0.25) is 5.91 Å². The Kier molecular flexibility index (Phi) is 4.63. The molecule has 28 heavy (non-hydrogen) atoms. The van der Waals surface area contributed by atoms with E-state index in [0.29, 0.717) is 18.2 Å². The lowest BCUT2D eigenvalue weighted by atomic mass is 9.92. The highest BCUT2D eigenvalue weighted by Crippen LogP contribution is 2.44. The molecule has 0 unspecified atom stereocenters. The molecule has 1 aromatic carbocycles. The van der Waals surface area contributed by atoms with Crippen LogP contribution in [-0.4, -0.2) is 34.3 Å². The second-order valence-corrected chi connectivity index (χ2v) is 8.02. The highest BCUT2D eigenvalue weighted by Gasteiger charge is 2.32. The van der Waals surface area contributed by atoms with E-state index in [0.717, 1.165) is 48.6 Å². The number of hydrogen-bond acceptors (Lipinski definition) is 3. The highest BCUT2D eigenvalue weighted by atomic mass is 19.3. The first-order chi connectivity index (χ1) is 13.2. The molecule has 150 valence electrons. The van der Waals surface area contributed by atoms with Crippen molar-refractivity contribution in [2.75, 3.05) is 11.5 Å². The summed E-state index contributed by atoms with van der Waals surface area (Å²) in [6.45, 7) is 3.67. The molecule has 1 aromatic heterocycles. The van der Waals surface area contributed by atoms with Crippen LogP contribution in [0.4, 0.5) is 14.5 Å². The summed E-state index contributed by atoms with van der Waals surface area (Å²) in [6, 6.07) is 4.25. The zero-order chi connectivity index (χ0) is 20.1. The molecule has 1 amide bonds. The summed E-state index contributed by atoms with van der Waals surface area (Å²) in [5, 5.41) is 4.42. The Morgan fingerprint density at radius 2 is 2.07 bits per heavy atom. The fourth-order valence-electron chi connectivity index (χ4n) is 3.89. The number of halogens is 2. The van der Waals surface area contributed by atoms with E-state index in [-0.39, 0.29) is 11.9 Å². The Hall–Kier alpha value is -2.44. The van der Waals surface area contributed by atoms with Crippen molar-refractivity contribution in [2.45, 2.75) is 64.5 Å². The summed E-state index contributed by atoms with van der Waals surface area (Å²) in [5.74, 6) is -2.57. The molecule has 1 fully saturated rings. The Balaban J connectivity index is 1.80. The Labute approximate surface area is 163 Å². The molecule has 5 nitrogen and oxygen atoms in total. The van der Waals surface area contributed by atoms with E-state index >= 15 is 0 Å². The van der Waals surface area contributed by atoms with Crippen LogP contribution in [0.3, 0.4) is 0 Å². The molecule has 0 N–H and O–H groups in total. The predicted molar refractivity (Wildman–Crippen MR) is 103 cm³/mol. The monoisotopic (exact) mass is 389 g/mol. The molecule has 1 saturated carbocycles. The van der Waals surface area contributed by atoms with Crippen LogP contribution in [0, 0.1) is 0 Å². The second kappa shape index (κ2) is 6.87. The number of benzene rings is 1. The minimum absolute atomic E-state index is 0.0606. The van der Waals surface area contributed by atoms with Gasteiger partial charge in [-0.15, -0.1) is 0 Å². The average Bonchev–Trinajstić information content (AvgIpc) is 3.35. The number of anilines is 1. The van der Waals surface area contributed by atoms with Crippen molar-refractivity contribution in [2.24, 2.45) is 0 Å². The minimum atomic E-state index is -2.94. The van der Waals surface area contributed by atoms with E-state index in [1.54, 1.807) is 11.1 Å². The maximum atomic E-state index is 13.6. The van der Waals surface area contributed by atoms with Crippen LogP contribution in [0.5, 0.6) is 5.75 Å². The molecule has 0 bridgehead atoms. The Morgan fingerprint density at radius 1 is 1.32 bits per heavy atom. The summed E-state index contributed by atoms with van der Waals surface area (Å²) in [4.78, 5) is 13.9. The standard InChI is InChI=1S/C21H25F2N3O2/c1-13-4-7-18-19(26(13)14(2)27)9-8-17(20(18)28-12-21(3,22)23)15-10-24-25(11-15)16-5-6-16/h8-11,13,16H,4-7,12H2,1-3H3/t13-/m0/s1. The molecule has 1 aliphatic carbocycles. The van der Waals surface area contributed by atoms with Gasteiger partial charge in [-0.3, -0.25) is 9.48 Å². The quantitative estimate of drug-likeness (QED) is 0.750. The summed E-state index contributed by atoms with van der Waals surface area (Å²) < 4.78 is 34.7. The van der Waals surface area contributed by atoms with Crippen molar-refractivity contribution >= 4 is 11.6 Å². The van der Waals surface area contributed by atoms with E-state index in [1.165, 1.54) is 6.92 Å². The van der Waals surface area contributed by atoms with E-state index in [2.05, 4.69) is 5.10 Å². The number of carbonyl (C=O) groups is 1. The predicted octanol–water partition coefficient (Wildman–Crippen LogP) is 4.61. The number of hydrogen-bond donors (Lipinski definition) is 0. The van der Waals surface area contributed by atoms with Crippen molar-refractivity contribution in [3.8, 4) is 16.9 Å². The third-order valence-corrected chi connectivity index (χ3v) is 5.39. The van der Waals surface area contributed by atoms with Crippen molar-refractivity contribution in [1.29, 1.82) is 0 Å². The third kappa shape index (κ3) is 3.62. The first kappa shape index (κ1) is 18.9. The smallest absolute Gasteiger partial charge is 0.278 e. The summed E-state index contributed by atoms with van der Waals surface area (Å²) >= 11 is 0. The van der Waals surface area contributed by atoms with E-state index in [1.807, 2.05) is 29.9 Å². The SMILES string of the molecule is CC(=O)N1c2ccc(-c3cnn(C4CC4)c3)c(OCC(C)(F)F)c2CC[C@@H]1C. The summed E-state index contributed by atoms with van der Waals surface area (Å²) in [5.41, 5.74) is 3.15. The van der Waals surface area contributed by atoms with E-state index in [9.17, 15) is 13.6 Å². The van der Waals surface area contributed by atoms with Crippen LogP contribution in [0.15, 0.2) is 24.5 Å². The maximum Gasteiger partial charge on any atom is 0.278 e. The van der Waals surface area contributed by atoms with Crippen molar-refractivity contribution in [3.05, 3.63) is 30.1 Å². The molecule has 7 heteroatoms. The van der Waals surface area contributed by atoms with Gasteiger partial charge in [0.15, 0.2) is 6.61 Å². The number of alkyl halides is 2. The lowest BCUT2D eigenvalue weighted by molar-refractivity contribution is -0.117. The van der Waals surface area contributed by atoms with E-state index < -0.39 is 12.5 Å². The number of carbonyl (C=O) groups excluding carboxylic acids is 1. The van der Waals surface area contributed by atoms with Gasteiger partial charge in [-0.05, 0) is 44.7 Å². The maximum absolute atomic E-state index is 13.6. The number of ether oxygens (including phenoxy) is 1. The largest absolute Gasteiger partial charge is 0.486 e. The lowest BCUT2D eigenvalue weighted by Crippen LogP contribution is -2.41. The Bertz CT molecular complexity index is 900. The molecular formula is C21H25F2N3O2. The fraction of sp³-hybridized carbons (Fsp3) is 0.524. The first-order valence-corrected chi connectivity index (χ1v) is 9.75. The van der Waals surface area contributed by atoms with Crippen LogP contribution in [0.1, 0.15) is 51.6 Å². The summed E-state index contributed by atoms with van der Waals surface area (Å²) in [7, 11) is 0. The molecule has 2 aromatic rings. The minimum Gasteiger partial charge on any atom is -0.486 e. The van der Waals surface area contributed by atoms with Gasteiger partial charge in [-0.1, -0.05) is 0 Å². The number of rotatable bonds is 5. The lowest BCUT2D eigenvalue weighted by Gasteiger charge is -2.36. The second-order valence-electron chi connectivity index (χ2n) is 8.02. The molecule has 0 saturated heterocycles. The molecule has 2 aliphatic rings. The highest BCUT2D eigenvalue weighted by molar-refractivity contribution is 5.95. The van der Waals surface area contributed by atoms with Gasteiger partial charge in [0.1, 0.15) is 5.75 Å². The topological polar surface area (TPSA) is 47.4 Å². The molecule has 1 atom stereocenters. The number of aromatic nitrogens is 2. The molecule has 0 spiro atoms. The normalized spacial score (nSPS) is 19.5. The van der Waals surface area contributed by atoms with Gasteiger partial charge >= 0.3 is 0 Å². The first-order valence-electron chi connectivity index (χ1n) is 9.75. The number of amides is 1. The van der Waals surface area contributed by atoms with Gasteiger partial charge in [0, 0.05) is 42.8 Å². The van der Waals surface area contributed by atoms with Crippen molar-refractivity contribution in [3.63, 3.8) is 0 Å². The van der Waals surface area contributed by atoms with Crippen molar-refractivity contribution < 1.29 is 18.3 Å². The van der Waals surface area contributed by atoms with Gasteiger partial charge in [-0.25, -0.2) is 8.78 Å². The molecule has 2 heterocycles. The van der Waals surface area contributed by atoms with Gasteiger partial charge in [-0.2, -0.15) is 5.10 Å². The zero-order valence-electron chi connectivity index (χ0n) is 16.4. The van der Waals surface area contributed by atoms with Crippen LogP contribution >= 0.6 is 0 Å². The zero-order valence-corrected chi connectivity index (χ0v) is 16.4. The van der Waals surface area contributed by atoms with Crippen LogP contribution in [-0.2, 0) is 11.2 Å². The fourth-order valence-corrected chi connectivity index (χ4v) is 3.89.